The summed E-state index contributed by atoms with van der Waals surface area (Å²) in [6.45, 7) is 1.62. The number of carboxylic acid groups (broad SMARTS) is 1. The highest BCUT2D eigenvalue weighted by molar-refractivity contribution is 9.10. The number of rotatable bonds is 5. The Morgan fingerprint density at radius 3 is 2.82 bits per heavy atom. The zero-order chi connectivity index (χ0) is 12.8. The van der Waals surface area contributed by atoms with E-state index in [4.69, 9.17) is 9.52 Å². The van der Waals surface area contributed by atoms with Crippen molar-refractivity contribution in [1.29, 1.82) is 0 Å². The predicted octanol–water partition coefficient (Wildman–Crippen LogP) is 1.89. The summed E-state index contributed by atoms with van der Waals surface area (Å²) >= 11 is 3.14. The second kappa shape index (κ2) is 6.24. The highest BCUT2D eigenvalue weighted by Crippen LogP contribution is 2.14. The number of furan rings is 1. The van der Waals surface area contributed by atoms with E-state index in [0.29, 0.717) is 10.4 Å². The van der Waals surface area contributed by atoms with Gasteiger partial charge < -0.3 is 14.8 Å². The van der Waals surface area contributed by atoms with E-state index in [0.717, 1.165) is 0 Å². The van der Waals surface area contributed by atoms with Crippen LogP contribution in [0.5, 0.6) is 0 Å². The molecule has 0 aliphatic heterocycles. The fourth-order valence-corrected chi connectivity index (χ4v) is 1.29. The molecule has 1 heterocycles. The molecule has 1 aromatic heterocycles. The zero-order valence-corrected chi connectivity index (χ0v) is 10.7. The molecule has 0 radical (unpaired) electrons. The van der Waals surface area contributed by atoms with Crippen LogP contribution in [-0.2, 0) is 9.59 Å². The number of amides is 1. The first-order valence-electron chi connectivity index (χ1n) is 4.93. The van der Waals surface area contributed by atoms with Crippen LogP contribution in [0.4, 0.5) is 0 Å². The highest BCUT2D eigenvalue weighted by atomic mass is 79.9. The number of carboxylic acids is 1. The van der Waals surface area contributed by atoms with E-state index in [1.807, 2.05) is 0 Å². The lowest BCUT2D eigenvalue weighted by Gasteiger charge is -2.05. The lowest BCUT2D eigenvalue weighted by atomic mass is 10.2. The Hall–Kier alpha value is -1.56. The van der Waals surface area contributed by atoms with Crippen LogP contribution in [0.15, 0.2) is 27.3 Å². The van der Waals surface area contributed by atoms with Crippen molar-refractivity contribution in [2.75, 3.05) is 6.54 Å². The summed E-state index contributed by atoms with van der Waals surface area (Å²) in [5, 5.41) is 11.1. The monoisotopic (exact) mass is 301 g/mol. The third-order valence-electron chi connectivity index (χ3n) is 2.00. The average Bonchev–Trinajstić information content (AvgIpc) is 2.69. The van der Waals surface area contributed by atoms with E-state index in [-0.39, 0.29) is 12.5 Å². The SMILES string of the molecule is CC(CNC(=O)C=Cc1ccc(Br)o1)C(=O)O. The van der Waals surface area contributed by atoms with Crippen LogP contribution < -0.4 is 5.32 Å². The second-order valence-electron chi connectivity index (χ2n) is 3.46. The standard InChI is InChI=1S/C11H12BrNO4/c1-7(11(15)16)6-13-10(14)5-3-8-2-4-9(12)17-8/h2-5,7H,6H2,1H3,(H,13,14)(H,15,16). The number of hydrogen-bond acceptors (Lipinski definition) is 3. The maximum atomic E-state index is 11.3. The molecule has 5 nitrogen and oxygen atoms in total. The summed E-state index contributed by atoms with van der Waals surface area (Å²) in [4.78, 5) is 21.8. The van der Waals surface area contributed by atoms with Gasteiger partial charge in [0, 0.05) is 12.6 Å². The van der Waals surface area contributed by atoms with Crippen LogP contribution in [0.3, 0.4) is 0 Å². The van der Waals surface area contributed by atoms with Gasteiger partial charge in [-0.25, -0.2) is 0 Å². The molecular formula is C11H12BrNO4. The fraction of sp³-hybridized carbons (Fsp3) is 0.273. The Labute approximate surface area is 107 Å². The summed E-state index contributed by atoms with van der Waals surface area (Å²) in [5.41, 5.74) is 0. The summed E-state index contributed by atoms with van der Waals surface area (Å²) in [6.07, 6.45) is 2.80. The van der Waals surface area contributed by atoms with Crippen LogP contribution in [-0.4, -0.2) is 23.5 Å². The molecule has 17 heavy (non-hydrogen) atoms. The normalized spacial score (nSPS) is 12.6. The van der Waals surface area contributed by atoms with Gasteiger partial charge in [0.05, 0.1) is 5.92 Å². The van der Waals surface area contributed by atoms with Gasteiger partial charge in [-0.05, 0) is 34.1 Å². The minimum absolute atomic E-state index is 0.0976. The molecule has 0 saturated heterocycles. The summed E-state index contributed by atoms with van der Waals surface area (Å²) in [6, 6.07) is 3.41. The minimum Gasteiger partial charge on any atom is -0.481 e. The van der Waals surface area contributed by atoms with E-state index in [1.165, 1.54) is 19.1 Å². The molecule has 0 spiro atoms. The van der Waals surface area contributed by atoms with Crippen molar-refractivity contribution in [2.45, 2.75) is 6.92 Å². The lowest BCUT2D eigenvalue weighted by molar-refractivity contribution is -0.141. The topological polar surface area (TPSA) is 79.5 Å². The van der Waals surface area contributed by atoms with E-state index < -0.39 is 11.9 Å². The summed E-state index contributed by atoms with van der Waals surface area (Å²) in [5.74, 6) is -1.36. The summed E-state index contributed by atoms with van der Waals surface area (Å²) < 4.78 is 5.73. The Kier molecular flexibility index (Phi) is 4.96. The molecule has 1 atom stereocenters. The zero-order valence-electron chi connectivity index (χ0n) is 9.14. The van der Waals surface area contributed by atoms with Gasteiger partial charge in [0.25, 0.3) is 0 Å². The fourth-order valence-electron chi connectivity index (χ4n) is 0.976. The number of carbonyl (C=O) groups is 2. The molecule has 2 N–H and O–H groups in total. The van der Waals surface area contributed by atoms with E-state index in [9.17, 15) is 9.59 Å². The van der Waals surface area contributed by atoms with Crippen LogP contribution in [0.2, 0.25) is 0 Å². The van der Waals surface area contributed by atoms with Gasteiger partial charge >= 0.3 is 5.97 Å². The van der Waals surface area contributed by atoms with E-state index in [2.05, 4.69) is 21.2 Å². The Morgan fingerprint density at radius 2 is 2.29 bits per heavy atom. The number of halogens is 1. The van der Waals surface area contributed by atoms with E-state index >= 15 is 0 Å². The molecular weight excluding hydrogens is 290 g/mol. The molecule has 6 heteroatoms. The first-order chi connectivity index (χ1) is 7.99. The van der Waals surface area contributed by atoms with Crippen LogP contribution in [0.1, 0.15) is 12.7 Å². The largest absolute Gasteiger partial charge is 0.481 e. The molecule has 1 amide bonds. The molecule has 0 aromatic carbocycles. The molecule has 0 fully saturated rings. The summed E-state index contributed by atoms with van der Waals surface area (Å²) in [7, 11) is 0. The van der Waals surface area contributed by atoms with Crippen molar-refractivity contribution < 1.29 is 19.1 Å². The molecule has 0 bridgehead atoms. The van der Waals surface area contributed by atoms with Gasteiger partial charge in [-0.1, -0.05) is 6.92 Å². The number of carbonyl (C=O) groups excluding carboxylic acids is 1. The Balaban J connectivity index is 2.39. The maximum absolute atomic E-state index is 11.3. The lowest BCUT2D eigenvalue weighted by Crippen LogP contribution is -2.30. The molecule has 1 rings (SSSR count). The van der Waals surface area contributed by atoms with Gasteiger partial charge in [0.1, 0.15) is 5.76 Å². The molecule has 0 saturated carbocycles. The maximum Gasteiger partial charge on any atom is 0.308 e. The van der Waals surface area contributed by atoms with Crippen LogP contribution >= 0.6 is 15.9 Å². The predicted molar refractivity (Wildman–Crippen MR) is 65.3 cm³/mol. The molecule has 1 unspecified atom stereocenters. The van der Waals surface area contributed by atoms with Crippen molar-refractivity contribution in [3.8, 4) is 0 Å². The molecule has 92 valence electrons. The van der Waals surface area contributed by atoms with Crippen molar-refractivity contribution >= 4 is 33.9 Å². The quantitative estimate of drug-likeness (QED) is 0.814. The number of aliphatic carboxylic acids is 1. The van der Waals surface area contributed by atoms with E-state index in [1.54, 1.807) is 12.1 Å². The molecule has 1 aromatic rings. The first kappa shape index (κ1) is 13.5. The van der Waals surface area contributed by atoms with Crippen LogP contribution in [0.25, 0.3) is 6.08 Å². The third kappa shape index (κ3) is 4.86. The number of hydrogen-bond donors (Lipinski definition) is 2. The Morgan fingerprint density at radius 1 is 1.59 bits per heavy atom. The van der Waals surface area contributed by atoms with Gasteiger partial charge in [-0.3, -0.25) is 9.59 Å². The average molecular weight is 302 g/mol. The first-order valence-corrected chi connectivity index (χ1v) is 5.72. The van der Waals surface area contributed by atoms with Gasteiger partial charge in [-0.2, -0.15) is 0 Å². The van der Waals surface area contributed by atoms with Crippen molar-refractivity contribution in [3.05, 3.63) is 28.6 Å². The van der Waals surface area contributed by atoms with Crippen LogP contribution in [0, 0.1) is 5.92 Å². The third-order valence-corrected chi connectivity index (χ3v) is 2.42. The smallest absolute Gasteiger partial charge is 0.308 e. The Bertz CT molecular complexity index is 438. The number of nitrogens with one attached hydrogen (secondary N) is 1. The molecule has 0 aliphatic carbocycles. The minimum atomic E-state index is -0.941. The second-order valence-corrected chi connectivity index (χ2v) is 4.24. The van der Waals surface area contributed by atoms with Gasteiger partial charge in [-0.15, -0.1) is 0 Å². The van der Waals surface area contributed by atoms with Crippen molar-refractivity contribution in [3.63, 3.8) is 0 Å². The van der Waals surface area contributed by atoms with Crippen molar-refractivity contribution in [1.82, 2.24) is 5.32 Å². The molecule has 0 aliphatic rings. The van der Waals surface area contributed by atoms with Gasteiger partial charge in [0.2, 0.25) is 5.91 Å². The van der Waals surface area contributed by atoms with Crippen molar-refractivity contribution in [2.24, 2.45) is 5.92 Å². The highest BCUT2D eigenvalue weighted by Gasteiger charge is 2.10. The van der Waals surface area contributed by atoms with Gasteiger partial charge in [0.15, 0.2) is 4.67 Å².